The van der Waals surface area contributed by atoms with Gasteiger partial charge in [-0.15, -0.1) is 0 Å². The predicted molar refractivity (Wildman–Crippen MR) is 74.3 cm³/mol. The molecule has 0 bridgehead atoms. The Balaban J connectivity index is 2.61. The van der Waals surface area contributed by atoms with Crippen LogP contribution in [0.2, 0.25) is 10.0 Å². The molecule has 1 aromatic rings. The zero-order chi connectivity index (χ0) is 12.7. The molecule has 1 rings (SSSR count). The second kappa shape index (κ2) is 7.80. The van der Waals surface area contributed by atoms with Crippen molar-refractivity contribution in [1.82, 2.24) is 5.32 Å². The molecule has 0 aliphatic heterocycles. The van der Waals surface area contributed by atoms with Crippen molar-refractivity contribution in [2.75, 3.05) is 13.6 Å². The van der Waals surface area contributed by atoms with Gasteiger partial charge in [0.05, 0.1) is 16.1 Å². The van der Waals surface area contributed by atoms with E-state index < -0.39 is 0 Å². The molecule has 4 heteroatoms. The molecule has 2 nitrogen and oxygen atoms in total. The molecule has 0 spiro atoms. The van der Waals surface area contributed by atoms with Gasteiger partial charge >= 0.3 is 0 Å². The first-order valence-corrected chi connectivity index (χ1v) is 6.69. The van der Waals surface area contributed by atoms with Crippen molar-refractivity contribution in [3.63, 3.8) is 0 Å². The normalized spacial score (nSPS) is 12.5. The van der Waals surface area contributed by atoms with Crippen molar-refractivity contribution < 1.29 is 4.74 Å². The fourth-order valence-corrected chi connectivity index (χ4v) is 1.92. The average molecular weight is 276 g/mol. The Labute approximate surface area is 113 Å². The molecule has 1 N–H and O–H groups in total. The molecule has 0 aliphatic rings. The van der Waals surface area contributed by atoms with E-state index in [1.54, 1.807) is 12.1 Å². The van der Waals surface area contributed by atoms with E-state index in [1.807, 2.05) is 13.1 Å². The van der Waals surface area contributed by atoms with Crippen LogP contribution < -0.4 is 10.1 Å². The summed E-state index contributed by atoms with van der Waals surface area (Å²) in [7, 11) is 1.95. The van der Waals surface area contributed by atoms with Crippen LogP contribution in [0.1, 0.15) is 26.2 Å². The summed E-state index contributed by atoms with van der Waals surface area (Å²) >= 11 is 11.8. The molecular weight excluding hydrogens is 257 g/mol. The summed E-state index contributed by atoms with van der Waals surface area (Å²) in [5, 5.41) is 4.23. The molecule has 0 aromatic heterocycles. The van der Waals surface area contributed by atoms with Gasteiger partial charge in [-0.2, -0.15) is 0 Å². The van der Waals surface area contributed by atoms with E-state index in [1.165, 1.54) is 0 Å². The van der Waals surface area contributed by atoms with Crippen molar-refractivity contribution in [2.24, 2.45) is 0 Å². The fraction of sp³-hybridized carbons (Fsp3) is 0.538. The van der Waals surface area contributed by atoms with Crippen LogP contribution in [-0.2, 0) is 0 Å². The molecule has 0 amide bonds. The number of hydrogen-bond acceptors (Lipinski definition) is 2. The summed E-state index contributed by atoms with van der Waals surface area (Å²) in [5.74, 6) is 0.786. The first kappa shape index (κ1) is 14.6. The van der Waals surface area contributed by atoms with Crippen LogP contribution in [0, 0.1) is 0 Å². The van der Waals surface area contributed by atoms with Crippen molar-refractivity contribution in [1.29, 1.82) is 0 Å². The smallest absolute Gasteiger partial charge is 0.121 e. The third kappa shape index (κ3) is 5.15. The number of ether oxygens (including phenoxy) is 1. The van der Waals surface area contributed by atoms with Crippen LogP contribution in [0.3, 0.4) is 0 Å². The summed E-state index contributed by atoms with van der Waals surface area (Å²) in [6.07, 6.45) is 3.37. The molecule has 1 aromatic carbocycles. The lowest BCUT2D eigenvalue weighted by Gasteiger charge is -2.18. The maximum Gasteiger partial charge on any atom is 0.121 e. The quantitative estimate of drug-likeness (QED) is 0.807. The maximum atomic E-state index is 5.95. The van der Waals surface area contributed by atoms with Crippen LogP contribution >= 0.6 is 23.2 Å². The van der Waals surface area contributed by atoms with Crippen LogP contribution in [0.5, 0.6) is 5.75 Å². The maximum absolute atomic E-state index is 5.95. The minimum atomic E-state index is 0.227. The van der Waals surface area contributed by atoms with E-state index in [0.29, 0.717) is 10.0 Å². The third-order valence-corrected chi connectivity index (χ3v) is 3.26. The van der Waals surface area contributed by atoms with Crippen LogP contribution in [0.15, 0.2) is 18.2 Å². The first-order valence-electron chi connectivity index (χ1n) is 5.93. The minimum Gasteiger partial charge on any atom is -0.490 e. The van der Waals surface area contributed by atoms with Crippen LogP contribution in [-0.4, -0.2) is 19.7 Å². The Morgan fingerprint density at radius 2 is 2.00 bits per heavy atom. The third-order valence-electron chi connectivity index (χ3n) is 2.52. The van der Waals surface area contributed by atoms with Gasteiger partial charge < -0.3 is 10.1 Å². The summed E-state index contributed by atoms with van der Waals surface area (Å²) in [6.45, 7) is 3.11. The van der Waals surface area contributed by atoms with Gasteiger partial charge in [0, 0.05) is 6.07 Å². The Kier molecular flexibility index (Phi) is 6.71. The molecular formula is C13H19Cl2NO. The highest BCUT2D eigenvalue weighted by Crippen LogP contribution is 2.27. The first-order chi connectivity index (χ1) is 8.17. The number of halogens is 2. The largest absolute Gasteiger partial charge is 0.490 e. The molecule has 0 saturated heterocycles. The molecule has 0 saturated carbocycles. The van der Waals surface area contributed by atoms with Crippen molar-refractivity contribution in [3.05, 3.63) is 28.2 Å². The van der Waals surface area contributed by atoms with Gasteiger partial charge in [0.15, 0.2) is 0 Å². The predicted octanol–water partition coefficient (Wildman–Crippen LogP) is 4.15. The van der Waals surface area contributed by atoms with Crippen molar-refractivity contribution in [3.8, 4) is 5.75 Å². The molecule has 0 heterocycles. The lowest BCUT2D eigenvalue weighted by molar-refractivity contribution is 0.180. The second-order valence-corrected chi connectivity index (χ2v) is 4.81. The number of nitrogens with one attached hydrogen (secondary N) is 1. The average Bonchev–Trinajstić information content (AvgIpc) is 2.31. The van der Waals surface area contributed by atoms with E-state index in [-0.39, 0.29) is 6.10 Å². The number of rotatable bonds is 7. The molecule has 0 aliphatic carbocycles. The van der Waals surface area contributed by atoms with Crippen molar-refractivity contribution >= 4 is 23.2 Å². The Bertz CT molecular complexity index is 344. The van der Waals surface area contributed by atoms with Crippen LogP contribution in [0.25, 0.3) is 0 Å². The van der Waals surface area contributed by atoms with E-state index >= 15 is 0 Å². The SMILES string of the molecule is CCC[C@H](CCNC)Oc1ccc(Cl)c(Cl)c1. The number of hydrogen-bond donors (Lipinski definition) is 1. The lowest BCUT2D eigenvalue weighted by atomic mass is 10.1. The molecule has 0 radical (unpaired) electrons. The van der Waals surface area contributed by atoms with Gasteiger partial charge in [0.25, 0.3) is 0 Å². The van der Waals surface area contributed by atoms with Crippen LogP contribution in [0.4, 0.5) is 0 Å². The van der Waals surface area contributed by atoms with Gasteiger partial charge in [-0.05, 0) is 38.6 Å². The van der Waals surface area contributed by atoms with Crippen molar-refractivity contribution in [2.45, 2.75) is 32.3 Å². The van der Waals surface area contributed by atoms with E-state index in [2.05, 4.69) is 12.2 Å². The highest BCUT2D eigenvalue weighted by Gasteiger charge is 2.10. The molecule has 17 heavy (non-hydrogen) atoms. The summed E-state index contributed by atoms with van der Waals surface area (Å²) in [6, 6.07) is 5.39. The summed E-state index contributed by atoms with van der Waals surface area (Å²) < 4.78 is 5.91. The van der Waals surface area contributed by atoms with Gasteiger partial charge in [-0.25, -0.2) is 0 Å². The number of benzene rings is 1. The fourth-order valence-electron chi connectivity index (χ4n) is 1.63. The van der Waals surface area contributed by atoms with E-state index in [4.69, 9.17) is 27.9 Å². The summed E-state index contributed by atoms with van der Waals surface area (Å²) in [5.41, 5.74) is 0. The summed E-state index contributed by atoms with van der Waals surface area (Å²) in [4.78, 5) is 0. The van der Waals surface area contributed by atoms with E-state index in [0.717, 1.165) is 31.6 Å². The zero-order valence-electron chi connectivity index (χ0n) is 10.3. The standard InChI is InChI=1S/C13H19Cl2NO/c1-3-4-10(7-8-16-2)17-11-5-6-12(14)13(15)9-11/h5-6,9-10,16H,3-4,7-8H2,1-2H3/t10-/m1/s1. The highest BCUT2D eigenvalue weighted by molar-refractivity contribution is 6.42. The van der Waals surface area contributed by atoms with Gasteiger partial charge in [0.1, 0.15) is 5.75 Å². The lowest BCUT2D eigenvalue weighted by Crippen LogP contribution is -2.22. The molecule has 96 valence electrons. The van der Waals surface area contributed by atoms with Gasteiger partial charge in [-0.3, -0.25) is 0 Å². The monoisotopic (exact) mass is 275 g/mol. The Morgan fingerprint density at radius 3 is 2.59 bits per heavy atom. The topological polar surface area (TPSA) is 21.3 Å². The zero-order valence-corrected chi connectivity index (χ0v) is 11.8. The molecule has 1 atom stereocenters. The second-order valence-electron chi connectivity index (χ2n) is 4.00. The Morgan fingerprint density at radius 1 is 1.24 bits per heavy atom. The highest BCUT2D eigenvalue weighted by atomic mass is 35.5. The molecule has 0 unspecified atom stereocenters. The van der Waals surface area contributed by atoms with Gasteiger partial charge in [0.2, 0.25) is 0 Å². The van der Waals surface area contributed by atoms with Gasteiger partial charge in [-0.1, -0.05) is 36.5 Å². The van der Waals surface area contributed by atoms with E-state index in [9.17, 15) is 0 Å². The molecule has 0 fully saturated rings. The Hall–Kier alpha value is -0.440. The minimum absolute atomic E-state index is 0.227.